The zero-order valence-electron chi connectivity index (χ0n) is 16.9. The van der Waals surface area contributed by atoms with Crippen LogP contribution >= 0.6 is 23.1 Å². The summed E-state index contributed by atoms with van der Waals surface area (Å²) >= 11 is 3.10. The van der Waals surface area contributed by atoms with Crippen LogP contribution in [0, 0.1) is 5.92 Å². The number of H-pyrrole nitrogens is 1. The number of rotatable bonds is 6. The molecule has 2 aliphatic carbocycles. The molecule has 9 heteroatoms. The molecule has 160 valence electrons. The van der Waals surface area contributed by atoms with E-state index in [9.17, 15) is 14.4 Å². The molecule has 30 heavy (non-hydrogen) atoms. The predicted octanol–water partition coefficient (Wildman–Crippen LogP) is 2.22. The maximum Gasteiger partial charge on any atom is 0.259 e. The first kappa shape index (κ1) is 20.1. The number of aromatic amines is 1. The fourth-order valence-electron chi connectivity index (χ4n) is 4.46. The topological polar surface area (TPSA) is 95.2 Å². The lowest BCUT2D eigenvalue weighted by molar-refractivity contribution is -0.133. The van der Waals surface area contributed by atoms with Gasteiger partial charge in [0.15, 0.2) is 0 Å². The van der Waals surface area contributed by atoms with Crippen LogP contribution in [0.5, 0.6) is 0 Å². The minimum absolute atomic E-state index is 0.00509. The summed E-state index contributed by atoms with van der Waals surface area (Å²) in [5.41, 5.74) is 1.14. The number of thioether (sulfide) groups is 1. The van der Waals surface area contributed by atoms with E-state index in [2.05, 4.69) is 15.3 Å². The Balaban J connectivity index is 1.09. The number of thiophene rings is 1. The molecule has 2 N–H and O–H groups in total. The van der Waals surface area contributed by atoms with Crippen molar-refractivity contribution in [3.05, 3.63) is 26.6 Å². The van der Waals surface area contributed by atoms with Gasteiger partial charge in [-0.15, -0.1) is 23.1 Å². The molecule has 7 nitrogen and oxygen atoms in total. The van der Waals surface area contributed by atoms with Gasteiger partial charge in [-0.25, -0.2) is 4.98 Å². The Bertz CT molecular complexity index is 1030. The summed E-state index contributed by atoms with van der Waals surface area (Å²) in [5, 5.41) is 3.86. The van der Waals surface area contributed by atoms with E-state index in [1.54, 1.807) is 11.3 Å². The lowest BCUT2D eigenvalue weighted by Crippen LogP contribution is -2.47. The van der Waals surface area contributed by atoms with Gasteiger partial charge >= 0.3 is 0 Å². The third-order valence-electron chi connectivity index (χ3n) is 6.19. The van der Waals surface area contributed by atoms with Crippen LogP contribution in [0.3, 0.4) is 0 Å². The maximum atomic E-state index is 12.5. The van der Waals surface area contributed by atoms with Gasteiger partial charge in [0.25, 0.3) is 5.56 Å². The van der Waals surface area contributed by atoms with Gasteiger partial charge in [0.05, 0.1) is 16.9 Å². The van der Waals surface area contributed by atoms with Gasteiger partial charge < -0.3 is 15.2 Å². The number of amides is 2. The first-order valence-corrected chi connectivity index (χ1v) is 12.7. The van der Waals surface area contributed by atoms with E-state index in [1.807, 2.05) is 4.90 Å². The van der Waals surface area contributed by atoms with E-state index in [-0.39, 0.29) is 23.4 Å². The third-order valence-corrected chi connectivity index (χ3v) is 8.32. The van der Waals surface area contributed by atoms with Crippen LogP contribution in [0.25, 0.3) is 10.2 Å². The van der Waals surface area contributed by atoms with Crippen molar-refractivity contribution in [1.82, 2.24) is 20.2 Å². The molecule has 2 aromatic rings. The molecule has 3 aliphatic rings. The van der Waals surface area contributed by atoms with Crippen molar-refractivity contribution in [3.63, 3.8) is 0 Å². The second-order valence-electron chi connectivity index (χ2n) is 8.48. The van der Waals surface area contributed by atoms with Gasteiger partial charge in [-0.1, -0.05) is 0 Å². The molecule has 1 saturated carbocycles. The van der Waals surface area contributed by atoms with Gasteiger partial charge in [0, 0.05) is 29.9 Å². The number of nitrogens with zero attached hydrogens (tertiary/aromatic N) is 2. The van der Waals surface area contributed by atoms with Crippen LogP contribution in [-0.2, 0) is 28.2 Å². The molecule has 2 amide bonds. The second-order valence-corrected chi connectivity index (χ2v) is 10.6. The van der Waals surface area contributed by atoms with E-state index in [0.29, 0.717) is 23.2 Å². The Morgan fingerprint density at radius 1 is 1.20 bits per heavy atom. The van der Waals surface area contributed by atoms with Crippen molar-refractivity contribution in [2.24, 2.45) is 5.92 Å². The molecule has 0 atom stereocenters. The predicted molar refractivity (Wildman–Crippen MR) is 119 cm³/mol. The summed E-state index contributed by atoms with van der Waals surface area (Å²) in [6, 6.07) is 0.143. The van der Waals surface area contributed by atoms with E-state index in [0.717, 1.165) is 68.3 Å². The first-order chi connectivity index (χ1) is 14.6. The van der Waals surface area contributed by atoms with Crippen molar-refractivity contribution in [3.8, 4) is 0 Å². The fourth-order valence-corrected chi connectivity index (χ4v) is 6.44. The summed E-state index contributed by atoms with van der Waals surface area (Å²) in [7, 11) is 0. The third kappa shape index (κ3) is 4.14. The van der Waals surface area contributed by atoms with Gasteiger partial charge in [0.1, 0.15) is 10.7 Å². The van der Waals surface area contributed by atoms with Crippen LogP contribution in [-0.4, -0.2) is 51.6 Å². The van der Waals surface area contributed by atoms with Gasteiger partial charge in [0.2, 0.25) is 11.8 Å². The molecule has 2 aromatic heterocycles. The molecular formula is C21H26N4O3S2. The highest BCUT2D eigenvalue weighted by Gasteiger charge is 2.35. The summed E-state index contributed by atoms with van der Waals surface area (Å²) in [4.78, 5) is 48.5. The number of piperidine rings is 1. The highest BCUT2D eigenvalue weighted by molar-refractivity contribution is 7.99. The van der Waals surface area contributed by atoms with Crippen LogP contribution in [0.1, 0.15) is 48.4 Å². The van der Waals surface area contributed by atoms with Crippen LogP contribution in [0.4, 0.5) is 0 Å². The van der Waals surface area contributed by atoms with Crippen molar-refractivity contribution < 1.29 is 9.59 Å². The Hall–Kier alpha value is -1.87. The monoisotopic (exact) mass is 446 g/mol. The molecule has 2 fully saturated rings. The number of carbonyl (C=O) groups excluding carboxylic acids is 2. The molecule has 0 bridgehead atoms. The molecule has 5 rings (SSSR count). The number of hydrogen-bond donors (Lipinski definition) is 2. The summed E-state index contributed by atoms with van der Waals surface area (Å²) < 4.78 is 0. The zero-order valence-corrected chi connectivity index (χ0v) is 18.5. The summed E-state index contributed by atoms with van der Waals surface area (Å²) in [6.07, 6.45) is 6.87. The average Bonchev–Trinajstić information content (AvgIpc) is 3.38. The number of nitrogens with one attached hydrogen (secondary N) is 2. The standard InChI is InChI=1S/C21H26N4O3S2/c26-17(22-13-6-8-25(9-7-13)21(28)12-4-5-12)11-29-10-16-23-19(27)18-14-2-1-3-15(14)30-20(18)24-16/h12-13H,1-11H2,(H,22,26)(H,23,24,27). The Labute approximate surface area is 183 Å². The summed E-state index contributed by atoms with van der Waals surface area (Å²) in [6.45, 7) is 1.48. The van der Waals surface area contributed by atoms with Crippen molar-refractivity contribution in [1.29, 1.82) is 0 Å². The molecule has 0 unspecified atom stereocenters. The minimum atomic E-state index is -0.0491. The number of aromatic nitrogens is 2. The van der Waals surface area contributed by atoms with Gasteiger partial charge in [-0.3, -0.25) is 14.4 Å². The normalized spacial score (nSPS) is 19.3. The van der Waals surface area contributed by atoms with E-state index < -0.39 is 0 Å². The highest BCUT2D eigenvalue weighted by atomic mass is 32.2. The highest BCUT2D eigenvalue weighted by Crippen LogP contribution is 2.34. The molecule has 0 aromatic carbocycles. The summed E-state index contributed by atoms with van der Waals surface area (Å²) in [5.74, 6) is 2.05. The molecular weight excluding hydrogens is 420 g/mol. The van der Waals surface area contributed by atoms with Crippen molar-refractivity contribution in [2.45, 2.75) is 56.7 Å². The quantitative estimate of drug-likeness (QED) is 0.710. The SMILES string of the molecule is O=C(CSCc1nc2sc3c(c2c(=O)[nH]1)CCC3)NC1CCN(C(=O)C2CC2)CC1. The Kier molecular flexibility index (Phi) is 5.58. The second kappa shape index (κ2) is 8.34. The van der Waals surface area contributed by atoms with Gasteiger partial charge in [-0.2, -0.15) is 0 Å². The zero-order chi connectivity index (χ0) is 20.7. The lowest BCUT2D eigenvalue weighted by atomic mass is 10.0. The molecule has 1 saturated heterocycles. The molecule has 0 radical (unpaired) electrons. The first-order valence-electron chi connectivity index (χ1n) is 10.8. The van der Waals surface area contributed by atoms with E-state index in [4.69, 9.17) is 0 Å². The fraction of sp³-hybridized carbons (Fsp3) is 0.619. The van der Waals surface area contributed by atoms with Crippen LogP contribution < -0.4 is 10.9 Å². The number of aryl methyl sites for hydroxylation is 2. The minimum Gasteiger partial charge on any atom is -0.353 e. The molecule has 1 aliphatic heterocycles. The number of hydrogen-bond acceptors (Lipinski definition) is 6. The largest absolute Gasteiger partial charge is 0.353 e. The van der Waals surface area contributed by atoms with E-state index >= 15 is 0 Å². The molecule has 0 spiro atoms. The number of fused-ring (bicyclic) bond motifs is 3. The van der Waals surface area contributed by atoms with Crippen LogP contribution in [0.2, 0.25) is 0 Å². The molecule has 3 heterocycles. The number of carbonyl (C=O) groups is 2. The lowest BCUT2D eigenvalue weighted by Gasteiger charge is -2.32. The Morgan fingerprint density at radius 2 is 2.00 bits per heavy atom. The van der Waals surface area contributed by atoms with E-state index in [1.165, 1.54) is 22.2 Å². The number of likely N-dealkylation sites (tertiary alicyclic amines) is 1. The Morgan fingerprint density at radius 3 is 2.77 bits per heavy atom. The maximum absolute atomic E-state index is 12.5. The van der Waals surface area contributed by atoms with Crippen molar-refractivity contribution >= 4 is 45.1 Å². The van der Waals surface area contributed by atoms with Crippen LogP contribution in [0.15, 0.2) is 4.79 Å². The van der Waals surface area contributed by atoms with Crippen molar-refractivity contribution in [2.75, 3.05) is 18.8 Å². The average molecular weight is 447 g/mol. The smallest absolute Gasteiger partial charge is 0.259 e. The van der Waals surface area contributed by atoms with Gasteiger partial charge in [-0.05, 0) is 50.5 Å².